The largest absolute Gasteiger partial charge is 0.464 e. The minimum atomic E-state index is -0.762. The third-order valence-corrected chi connectivity index (χ3v) is 3.55. The van der Waals surface area contributed by atoms with E-state index >= 15 is 0 Å². The fourth-order valence-electron chi connectivity index (χ4n) is 2.59. The minimum Gasteiger partial charge on any atom is -0.464 e. The maximum Gasteiger partial charge on any atom is 0.331 e. The zero-order valence-electron chi connectivity index (χ0n) is 12.0. The maximum absolute atomic E-state index is 13.5. The van der Waals surface area contributed by atoms with Crippen LogP contribution in [0.2, 0.25) is 0 Å². The molecule has 1 aliphatic heterocycles. The standard InChI is InChI=1S/C15H21FN2O2/c1-3-20-14(19)15(4-6-17-7-5-15)18-13-9-11(2)8-12(16)10-13/h8-10,17-18H,3-7H2,1-2H3. The first-order valence-corrected chi connectivity index (χ1v) is 6.99. The van der Waals surface area contributed by atoms with Crippen molar-refractivity contribution in [3.63, 3.8) is 0 Å². The molecule has 2 N–H and O–H groups in total. The average molecular weight is 280 g/mol. The molecule has 5 heteroatoms. The van der Waals surface area contributed by atoms with Gasteiger partial charge in [-0.15, -0.1) is 0 Å². The van der Waals surface area contributed by atoms with E-state index in [1.165, 1.54) is 12.1 Å². The van der Waals surface area contributed by atoms with Crippen LogP contribution < -0.4 is 10.6 Å². The molecule has 0 aromatic heterocycles. The number of carbonyl (C=O) groups excluding carboxylic acids is 1. The summed E-state index contributed by atoms with van der Waals surface area (Å²) >= 11 is 0. The molecule has 0 radical (unpaired) electrons. The number of aryl methyl sites for hydroxylation is 1. The first-order valence-electron chi connectivity index (χ1n) is 6.99. The SMILES string of the molecule is CCOC(=O)C1(Nc2cc(C)cc(F)c2)CCNCC1. The van der Waals surface area contributed by atoms with Crippen molar-refractivity contribution >= 4 is 11.7 Å². The van der Waals surface area contributed by atoms with E-state index in [0.29, 0.717) is 25.1 Å². The van der Waals surface area contributed by atoms with Gasteiger partial charge in [-0.1, -0.05) is 0 Å². The van der Waals surface area contributed by atoms with Crippen molar-refractivity contribution in [1.82, 2.24) is 5.32 Å². The lowest BCUT2D eigenvalue weighted by Gasteiger charge is -2.36. The van der Waals surface area contributed by atoms with Gasteiger partial charge in [-0.25, -0.2) is 9.18 Å². The van der Waals surface area contributed by atoms with Gasteiger partial charge < -0.3 is 15.4 Å². The van der Waals surface area contributed by atoms with E-state index < -0.39 is 5.54 Å². The molecular weight excluding hydrogens is 259 g/mol. The van der Waals surface area contributed by atoms with E-state index in [4.69, 9.17) is 4.74 Å². The Hall–Kier alpha value is -1.62. The predicted octanol–water partition coefficient (Wildman–Crippen LogP) is 2.23. The summed E-state index contributed by atoms with van der Waals surface area (Å²) in [6.07, 6.45) is 1.25. The molecule has 0 unspecified atom stereocenters. The van der Waals surface area contributed by atoms with Crippen molar-refractivity contribution in [3.05, 3.63) is 29.6 Å². The van der Waals surface area contributed by atoms with E-state index in [1.807, 2.05) is 13.0 Å². The third kappa shape index (κ3) is 3.28. The van der Waals surface area contributed by atoms with Crippen LogP contribution in [0.25, 0.3) is 0 Å². The van der Waals surface area contributed by atoms with Gasteiger partial charge in [0.25, 0.3) is 0 Å². The van der Waals surface area contributed by atoms with Crippen molar-refractivity contribution < 1.29 is 13.9 Å². The molecule has 2 rings (SSSR count). The van der Waals surface area contributed by atoms with E-state index in [9.17, 15) is 9.18 Å². The molecule has 1 aromatic rings. The van der Waals surface area contributed by atoms with Crippen molar-refractivity contribution in [2.45, 2.75) is 32.2 Å². The van der Waals surface area contributed by atoms with Gasteiger partial charge in [0.2, 0.25) is 0 Å². The predicted molar refractivity (Wildman–Crippen MR) is 76.2 cm³/mol. The number of esters is 1. The second-order valence-corrected chi connectivity index (χ2v) is 5.19. The molecule has 0 spiro atoms. The van der Waals surface area contributed by atoms with E-state index in [1.54, 1.807) is 6.92 Å². The molecule has 20 heavy (non-hydrogen) atoms. The van der Waals surface area contributed by atoms with Crippen LogP contribution in [-0.4, -0.2) is 31.2 Å². The summed E-state index contributed by atoms with van der Waals surface area (Å²) in [5.74, 6) is -0.566. The van der Waals surface area contributed by atoms with Crippen molar-refractivity contribution in [3.8, 4) is 0 Å². The van der Waals surface area contributed by atoms with Gasteiger partial charge in [-0.3, -0.25) is 0 Å². The highest BCUT2D eigenvalue weighted by atomic mass is 19.1. The number of hydrogen-bond donors (Lipinski definition) is 2. The lowest BCUT2D eigenvalue weighted by atomic mass is 9.88. The zero-order chi connectivity index (χ0) is 14.6. The Kier molecular flexibility index (Phi) is 4.60. The average Bonchev–Trinajstić information content (AvgIpc) is 2.38. The second-order valence-electron chi connectivity index (χ2n) is 5.19. The molecule has 1 saturated heterocycles. The highest BCUT2D eigenvalue weighted by Gasteiger charge is 2.41. The number of hydrogen-bond acceptors (Lipinski definition) is 4. The van der Waals surface area contributed by atoms with Crippen LogP contribution in [0.4, 0.5) is 10.1 Å². The van der Waals surface area contributed by atoms with Gasteiger partial charge >= 0.3 is 5.97 Å². The van der Waals surface area contributed by atoms with Crippen LogP contribution in [-0.2, 0) is 9.53 Å². The van der Waals surface area contributed by atoms with Crippen molar-refractivity contribution in [2.24, 2.45) is 0 Å². The summed E-state index contributed by atoms with van der Waals surface area (Å²) in [6.45, 7) is 5.44. The number of ether oxygens (including phenoxy) is 1. The first kappa shape index (κ1) is 14.8. The lowest BCUT2D eigenvalue weighted by molar-refractivity contribution is -0.149. The molecule has 1 heterocycles. The van der Waals surface area contributed by atoms with E-state index in [2.05, 4.69) is 10.6 Å². The smallest absolute Gasteiger partial charge is 0.331 e. The van der Waals surface area contributed by atoms with Gasteiger partial charge in [0, 0.05) is 5.69 Å². The van der Waals surface area contributed by atoms with Gasteiger partial charge in [0.05, 0.1) is 6.61 Å². The molecule has 1 aliphatic rings. The number of piperidine rings is 1. The van der Waals surface area contributed by atoms with Crippen LogP contribution >= 0.6 is 0 Å². The molecule has 1 fully saturated rings. The van der Waals surface area contributed by atoms with E-state index in [0.717, 1.165) is 18.7 Å². The Balaban J connectivity index is 2.25. The molecule has 0 aliphatic carbocycles. The van der Waals surface area contributed by atoms with Gasteiger partial charge in [0.1, 0.15) is 11.4 Å². The normalized spacial score (nSPS) is 17.6. The Morgan fingerprint density at radius 3 is 2.70 bits per heavy atom. The summed E-state index contributed by atoms with van der Waals surface area (Å²) in [7, 11) is 0. The molecule has 0 bridgehead atoms. The number of rotatable bonds is 4. The van der Waals surface area contributed by atoms with Crippen LogP contribution in [0, 0.1) is 12.7 Å². The van der Waals surface area contributed by atoms with Crippen molar-refractivity contribution in [1.29, 1.82) is 0 Å². The number of carbonyl (C=O) groups is 1. The Labute approximate surface area is 118 Å². The van der Waals surface area contributed by atoms with Crippen LogP contribution in [0.5, 0.6) is 0 Å². The summed E-state index contributed by atoms with van der Waals surface area (Å²) < 4.78 is 18.7. The van der Waals surface area contributed by atoms with E-state index in [-0.39, 0.29) is 11.8 Å². The topological polar surface area (TPSA) is 50.4 Å². The van der Waals surface area contributed by atoms with Gasteiger partial charge in [0.15, 0.2) is 0 Å². The molecule has 4 nitrogen and oxygen atoms in total. The van der Waals surface area contributed by atoms with Crippen LogP contribution in [0.3, 0.4) is 0 Å². The third-order valence-electron chi connectivity index (χ3n) is 3.55. The molecule has 0 atom stereocenters. The fraction of sp³-hybridized carbons (Fsp3) is 0.533. The highest BCUT2D eigenvalue weighted by molar-refractivity contribution is 5.85. The Morgan fingerprint density at radius 2 is 2.10 bits per heavy atom. The highest BCUT2D eigenvalue weighted by Crippen LogP contribution is 2.27. The second kappa shape index (κ2) is 6.22. The Morgan fingerprint density at radius 1 is 1.40 bits per heavy atom. The monoisotopic (exact) mass is 280 g/mol. The van der Waals surface area contributed by atoms with Crippen molar-refractivity contribution in [2.75, 3.05) is 25.0 Å². The quantitative estimate of drug-likeness (QED) is 0.830. The van der Waals surface area contributed by atoms with Gasteiger partial charge in [-0.05, 0) is 63.5 Å². The molecule has 0 saturated carbocycles. The van der Waals surface area contributed by atoms with Crippen LogP contribution in [0.1, 0.15) is 25.3 Å². The number of benzene rings is 1. The molecular formula is C15H21FN2O2. The number of nitrogens with one attached hydrogen (secondary N) is 2. The fourth-order valence-corrected chi connectivity index (χ4v) is 2.59. The first-order chi connectivity index (χ1) is 9.55. The maximum atomic E-state index is 13.5. The summed E-state index contributed by atoms with van der Waals surface area (Å²) in [4.78, 5) is 12.3. The minimum absolute atomic E-state index is 0.261. The van der Waals surface area contributed by atoms with Crippen LogP contribution in [0.15, 0.2) is 18.2 Å². The number of halogens is 1. The molecule has 0 amide bonds. The molecule has 1 aromatic carbocycles. The molecule has 110 valence electrons. The summed E-state index contributed by atoms with van der Waals surface area (Å²) in [5, 5.41) is 6.43. The van der Waals surface area contributed by atoms with Gasteiger partial charge in [-0.2, -0.15) is 0 Å². The summed E-state index contributed by atoms with van der Waals surface area (Å²) in [5.41, 5.74) is 0.680. The zero-order valence-corrected chi connectivity index (χ0v) is 12.0. The lowest BCUT2D eigenvalue weighted by Crippen LogP contribution is -2.54. The Bertz CT molecular complexity index is 465. The summed E-state index contributed by atoms with van der Waals surface area (Å²) in [6, 6.07) is 4.72. The number of anilines is 1.